The first-order valence-electron chi connectivity index (χ1n) is 5.20. The molecule has 3 nitrogen and oxygen atoms in total. The molecule has 1 heterocycles. The van der Waals surface area contributed by atoms with Crippen LogP contribution >= 0.6 is 0 Å². The number of nitrogens with zero attached hydrogens (tertiary/aromatic N) is 1. The number of aliphatic hydroxyl groups is 1. The number of rotatable bonds is 3. The standard InChI is InChI=1S/C10H19NO2/c1-2-3-6-10(13)11-7-4-5-9(12)8-11/h9,12H,2-8H2,1H3/t9-/m0/s1. The van der Waals surface area contributed by atoms with Crippen molar-refractivity contribution in [1.29, 1.82) is 0 Å². The van der Waals surface area contributed by atoms with Gasteiger partial charge in [0, 0.05) is 19.5 Å². The van der Waals surface area contributed by atoms with Gasteiger partial charge in [-0.2, -0.15) is 0 Å². The Labute approximate surface area is 79.7 Å². The quantitative estimate of drug-likeness (QED) is 0.716. The number of piperidine rings is 1. The molecule has 1 atom stereocenters. The lowest BCUT2D eigenvalue weighted by atomic mass is 10.1. The van der Waals surface area contributed by atoms with Crippen LogP contribution in [0.3, 0.4) is 0 Å². The van der Waals surface area contributed by atoms with E-state index in [1.54, 1.807) is 4.90 Å². The van der Waals surface area contributed by atoms with Crippen molar-refractivity contribution in [2.45, 2.75) is 45.1 Å². The van der Waals surface area contributed by atoms with E-state index in [4.69, 9.17) is 0 Å². The highest BCUT2D eigenvalue weighted by molar-refractivity contribution is 5.76. The van der Waals surface area contributed by atoms with E-state index >= 15 is 0 Å². The third kappa shape index (κ3) is 3.35. The summed E-state index contributed by atoms with van der Waals surface area (Å²) in [6, 6.07) is 0. The number of β-amino-alcohol motifs (C(OH)–C–C–N with tert-alkyl or cyclic N) is 1. The van der Waals surface area contributed by atoms with E-state index in [-0.39, 0.29) is 12.0 Å². The summed E-state index contributed by atoms with van der Waals surface area (Å²) in [4.78, 5) is 13.3. The smallest absolute Gasteiger partial charge is 0.222 e. The van der Waals surface area contributed by atoms with Crippen molar-refractivity contribution in [3.8, 4) is 0 Å². The average molecular weight is 185 g/mol. The van der Waals surface area contributed by atoms with Crippen LogP contribution in [0.15, 0.2) is 0 Å². The van der Waals surface area contributed by atoms with E-state index in [0.29, 0.717) is 13.0 Å². The van der Waals surface area contributed by atoms with E-state index in [2.05, 4.69) is 6.92 Å². The van der Waals surface area contributed by atoms with Gasteiger partial charge < -0.3 is 10.0 Å². The normalized spacial score (nSPS) is 23.2. The van der Waals surface area contributed by atoms with Crippen LogP contribution in [0.25, 0.3) is 0 Å². The van der Waals surface area contributed by atoms with Gasteiger partial charge in [0.1, 0.15) is 0 Å². The third-order valence-electron chi connectivity index (χ3n) is 2.49. The zero-order chi connectivity index (χ0) is 9.68. The molecule has 0 aromatic rings. The monoisotopic (exact) mass is 185 g/mol. The summed E-state index contributed by atoms with van der Waals surface area (Å²) in [6.45, 7) is 3.46. The lowest BCUT2D eigenvalue weighted by molar-refractivity contribution is -0.134. The van der Waals surface area contributed by atoms with Crippen molar-refractivity contribution in [3.63, 3.8) is 0 Å². The summed E-state index contributed by atoms with van der Waals surface area (Å²) in [5.74, 6) is 0.209. The molecular formula is C10H19NO2. The highest BCUT2D eigenvalue weighted by Gasteiger charge is 2.20. The van der Waals surface area contributed by atoms with Crippen LogP contribution in [0, 0.1) is 0 Å². The first-order chi connectivity index (χ1) is 6.24. The van der Waals surface area contributed by atoms with Crippen LogP contribution in [0.2, 0.25) is 0 Å². The SMILES string of the molecule is CCCCC(=O)N1CCC[C@H](O)C1. The molecule has 1 amide bonds. The fraction of sp³-hybridized carbons (Fsp3) is 0.900. The van der Waals surface area contributed by atoms with Gasteiger partial charge in [-0.05, 0) is 19.3 Å². The van der Waals surface area contributed by atoms with Gasteiger partial charge in [0.25, 0.3) is 0 Å². The molecule has 0 aromatic carbocycles. The number of amides is 1. The fourth-order valence-corrected chi connectivity index (χ4v) is 1.67. The minimum atomic E-state index is -0.292. The highest BCUT2D eigenvalue weighted by Crippen LogP contribution is 2.11. The highest BCUT2D eigenvalue weighted by atomic mass is 16.3. The van der Waals surface area contributed by atoms with E-state index in [1.165, 1.54) is 0 Å². The molecule has 0 spiro atoms. The zero-order valence-electron chi connectivity index (χ0n) is 8.33. The van der Waals surface area contributed by atoms with Crippen molar-refractivity contribution in [2.75, 3.05) is 13.1 Å². The van der Waals surface area contributed by atoms with Crippen molar-refractivity contribution in [1.82, 2.24) is 4.90 Å². The molecule has 13 heavy (non-hydrogen) atoms. The average Bonchev–Trinajstić information content (AvgIpc) is 2.14. The molecule has 1 aliphatic heterocycles. The molecule has 0 unspecified atom stereocenters. The zero-order valence-corrected chi connectivity index (χ0v) is 8.33. The van der Waals surface area contributed by atoms with Crippen LogP contribution in [-0.4, -0.2) is 35.1 Å². The fourth-order valence-electron chi connectivity index (χ4n) is 1.67. The van der Waals surface area contributed by atoms with Gasteiger partial charge in [-0.3, -0.25) is 4.79 Å². The Morgan fingerprint density at radius 2 is 2.38 bits per heavy atom. The minimum absolute atomic E-state index is 0.209. The molecule has 1 aliphatic rings. The second-order valence-corrected chi connectivity index (χ2v) is 3.74. The van der Waals surface area contributed by atoms with Crippen molar-refractivity contribution in [2.24, 2.45) is 0 Å². The molecule has 0 aliphatic carbocycles. The van der Waals surface area contributed by atoms with Crippen molar-refractivity contribution >= 4 is 5.91 Å². The lowest BCUT2D eigenvalue weighted by Gasteiger charge is -2.30. The second-order valence-electron chi connectivity index (χ2n) is 3.74. The molecular weight excluding hydrogens is 166 g/mol. The van der Waals surface area contributed by atoms with Gasteiger partial charge in [0.15, 0.2) is 0 Å². The Morgan fingerprint density at radius 1 is 1.62 bits per heavy atom. The Morgan fingerprint density at radius 3 is 3.00 bits per heavy atom. The first-order valence-corrected chi connectivity index (χ1v) is 5.20. The molecule has 0 saturated carbocycles. The molecule has 1 fully saturated rings. The van der Waals surface area contributed by atoms with Crippen molar-refractivity contribution < 1.29 is 9.90 Å². The van der Waals surface area contributed by atoms with Crippen molar-refractivity contribution in [3.05, 3.63) is 0 Å². The molecule has 1 saturated heterocycles. The minimum Gasteiger partial charge on any atom is -0.391 e. The summed E-state index contributed by atoms with van der Waals surface area (Å²) < 4.78 is 0. The summed E-state index contributed by atoms with van der Waals surface area (Å²) >= 11 is 0. The van der Waals surface area contributed by atoms with E-state index in [0.717, 1.165) is 32.2 Å². The lowest BCUT2D eigenvalue weighted by Crippen LogP contribution is -2.42. The maximum Gasteiger partial charge on any atom is 0.222 e. The van der Waals surface area contributed by atoms with E-state index < -0.39 is 0 Å². The van der Waals surface area contributed by atoms with Gasteiger partial charge in [-0.1, -0.05) is 13.3 Å². The number of unbranched alkanes of at least 4 members (excludes halogenated alkanes) is 1. The molecule has 0 bridgehead atoms. The number of aliphatic hydroxyl groups excluding tert-OH is 1. The molecule has 1 N–H and O–H groups in total. The molecule has 1 rings (SSSR count). The topological polar surface area (TPSA) is 40.5 Å². The maximum atomic E-state index is 11.5. The Balaban J connectivity index is 2.28. The third-order valence-corrected chi connectivity index (χ3v) is 2.49. The van der Waals surface area contributed by atoms with E-state index in [1.807, 2.05) is 0 Å². The summed E-state index contributed by atoms with van der Waals surface area (Å²) in [5, 5.41) is 9.36. The predicted molar refractivity (Wildman–Crippen MR) is 51.3 cm³/mol. The largest absolute Gasteiger partial charge is 0.391 e. The number of hydrogen-bond donors (Lipinski definition) is 1. The Hall–Kier alpha value is -0.570. The number of hydrogen-bond acceptors (Lipinski definition) is 2. The van der Waals surface area contributed by atoms with Gasteiger partial charge in [-0.25, -0.2) is 0 Å². The summed E-state index contributed by atoms with van der Waals surface area (Å²) in [6.07, 6.45) is 4.16. The van der Waals surface area contributed by atoms with Gasteiger partial charge in [-0.15, -0.1) is 0 Å². The second kappa shape index (κ2) is 5.22. The van der Waals surface area contributed by atoms with Crippen LogP contribution in [0.1, 0.15) is 39.0 Å². The van der Waals surface area contributed by atoms with Crippen LogP contribution in [-0.2, 0) is 4.79 Å². The van der Waals surface area contributed by atoms with Crippen LogP contribution in [0.5, 0.6) is 0 Å². The van der Waals surface area contributed by atoms with Gasteiger partial charge >= 0.3 is 0 Å². The summed E-state index contributed by atoms with van der Waals surface area (Å²) in [7, 11) is 0. The molecule has 0 aromatic heterocycles. The van der Waals surface area contributed by atoms with Gasteiger partial charge in [0.05, 0.1) is 6.10 Å². The number of carbonyl (C=O) groups is 1. The number of likely N-dealkylation sites (tertiary alicyclic amines) is 1. The first kappa shape index (κ1) is 10.5. The number of carbonyl (C=O) groups excluding carboxylic acids is 1. The molecule has 3 heteroatoms. The predicted octanol–water partition coefficient (Wildman–Crippen LogP) is 1.16. The van der Waals surface area contributed by atoms with Crippen LogP contribution < -0.4 is 0 Å². The maximum absolute atomic E-state index is 11.5. The Bertz CT molecular complexity index is 170. The molecule has 76 valence electrons. The van der Waals surface area contributed by atoms with Crippen LogP contribution in [0.4, 0.5) is 0 Å². The van der Waals surface area contributed by atoms with E-state index in [9.17, 15) is 9.90 Å². The van der Waals surface area contributed by atoms with Gasteiger partial charge in [0.2, 0.25) is 5.91 Å². The summed E-state index contributed by atoms with van der Waals surface area (Å²) in [5.41, 5.74) is 0. The Kier molecular flexibility index (Phi) is 4.22. The molecule has 0 radical (unpaired) electrons.